The van der Waals surface area contributed by atoms with E-state index >= 15 is 0 Å². The third kappa shape index (κ3) is 2.18. The molecule has 0 bridgehead atoms. The highest BCUT2D eigenvalue weighted by atomic mass is 16.3. The minimum Gasteiger partial charge on any atom is -0.453 e. The first-order chi connectivity index (χ1) is 9.69. The van der Waals surface area contributed by atoms with Crippen LogP contribution in [0, 0.1) is 6.92 Å². The molecular formula is C16H17N3O. The molecule has 1 atom stereocenters. The lowest BCUT2D eigenvalue weighted by molar-refractivity contribution is 0.619. The number of para-hydroxylation sites is 1. The van der Waals surface area contributed by atoms with Crippen LogP contribution in [0.2, 0.25) is 0 Å². The van der Waals surface area contributed by atoms with E-state index in [1.54, 1.807) is 0 Å². The number of aromatic nitrogens is 2. The smallest absolute Gasteiger partial charge is 0.195 e. The zero-order valence-corrected chi connectivity index (χ0v) is 11.8. The summed E-state index contributed by atoms with van der Waals surface area (Å²) in [5.41, 5.74) is 2.93. The van der Waals surface area contributed by atoms with Gasteiger partial charge in [-0.1, -0.05) is 18.2 Å². The van der Waals surface area contributed by atoms with Crippen LogP contribution in [0.3, 0.4) is 0 Å². The summed E-state index contributed by atoms with van der Waals surface area (Å²) in [6.45, 7) is 4.09. The van der Waals surface area contributed by atoms with Gasteiger partial charge in [-0.05, 0) is 33.0 Å². The molecule has 1 N–H and O–H groups in total. The van der Waals surface area contributed by atoms with E-state index < -0.39 is 0 Å². The van der Waals surface area contributed by atoms with Crippen molar-refractivity contribution in [2.45, 2.75) is 19.9 Å². The van der Waals surface area contributed by atoms with E-state index in [0.29, 0.717) is 11.6 Å². The first-order valence-electron chi connectivity index (χ1n) is 6.69. The molecule has 4 nitrogen and oxygen atoms in total. The van der Waals surface area contributed by atoms with Crippen molar-refractivity contribution < 1.29 is 4.42 Å². The van der Waals surface area contributed by atoms with Gasteiger partial charge in [0, 0.05) is 28.9 Å². The number of nitrogens with zero attached hydrogens (tertiary/aromatic N) is 2. The Balaban J connectivity index is 2.04. The van der Waals surface area contributed by atoms with Crippen molar-refractivity contribution in [2.75, 3.05) is 7.05 Å². The zero-order chi connectivity index (χ0) is 14.1. The summed E-state index contributed by atoms with van der Waals surface area (Å²) in [5, 5.41) is 4.27. The third-order valence-electron chi connectivity index (χ3n) is 3.56. The Morgan fingerprint density at radius 2 is 2.05 bits per heavy atom. The lowest BCUT2D eigenvalue weighted by Crippen LogP contribution is -2.14. The second kappa shape index (κ2) is 5.06. The molecule has 1 unspecified atom stereocenters. The van der Waals surface area contributed by atoms with E-state index in [9.17, 15) is 0 Å². The summed E-state index contributed by atoms with van der Waals surface area (Å²) < 4.78 is 5.80. The average molecular weight is 267 g/mol. The van der Waals surface area contributed by atoms with E-state index in [2.05, 4.69) is 22.2 Å². The molecule has 3 rings (SSSR count). The molecule has 0 aliphatic rings. The molecule has 3 aromatic rings. The molecule has 4 heteroatoms. The molecule has 0 spiro atoms. The predicted octanol–water partition coefficient (Wildman–Crippen LogP) is 3.48. The van der Waals surface area contributed by atoms with Crippen molar-refractivity contribution >= 4 is 11.0 Å². The van der Waals surface area contributed by atoms with Gasteiger partial charge in [0.05, 0.1) is 0 Å². The monoisotopic (exact) mass is 267 g/mol. The minimum atomic E-state index is 0.236. The largest absolute Gasteiger partial charge is 0.453 e. The van der Waals surface area contributed by atoms with Crippen LogP contribution in [-0.4, -0.2) is 17.0 Å². The Morgan fingerprint density at radius 1 is 1.25 bits per heavy atom. The predicted molar refractivity (Wildman–Crippen MR) is 79.5 cm³/mol. The van der Waals surface area contributed by atoms with Crippen LogP contribution >= 0.6 is 0 Å². The summed E-state index contributed by atoms with van der Waals surface area (Å²) in [7, 11) is 1.93. The maximum absolute atomic E-state index is 5.80. The van der Waals surface area contributed by atoms with Gasteiger partial charge in [-0.25, -0.2) is 9.97 Å². The fourth-order valence-electron chi connectivity index (χ4n) is 2.27. The van der Waals surface area contributed by atoms with Crippen molar-refractivity contribution in [3.63, 3.8) is 0 Å². The lowest BCUT2D eigenvalue weighted by atomic mass is 10.1. The second-order valence-electron chi connectivity index (χ2n) is 4.89. The molecule has 0 saturated heterocycles. The van der Waals surface area contributed by atoms with Crippen LogP contribution < -0.4 is 5.32 Å². The van der Waals surface area contributed by atoms with Crippen LogP contribution in [0.4, 0.5) is 0 Å². The Hall–Kier alpha value is -2.20. The molecule has 2 heterocycles. The van der Waals surface area contributed by atoms with Gasteiger partial charge in [-0.3, -0.25) is 0 Å². The fraction of sp³-hybridized carbons (Fsp3) is 0.250. The normalized spacial score (nSPS) is 12.8. The van der Waals surface area contributed by atoms with Gasteiger partial charge in [0.1, 0.15) is 5.58 Å². The van der Waals surface area contributed by atoms with E-state index in [4.69, 9.17) is 4.42 Å². The molecule has 2 aromatic heterocycles. The summed E-state index contributed by atoms with van der Waals surface area (Å²) in [4.78, 5) is 8.99. The number of hydrogen-bond acceptors (Lipinski definition) is 4. The molecule has 0 aliphatic carbocycles. The quantitative estimate of drug-likeness (QED) is 0.789. The standard InChI is InChI=1S/C16H17N3O/c1-10(17-3)13-9-18-16(19-11(13)2)15-8-12-6-4-5-7-14(12)20-15/h4-10,17H,1-3H3. The maximum Gasteiger partial charge on any atom is 0.195 e. The first kappa shape index (κ1) is 12.8. The number of fused-ring (bicyclic) bond motifs is 1. The molecule has 0 saturated carbocycles. The fourth-order valence-corrected chi connectivity index (χ4v) is 2.27. The Morgan fingerprint density at radius 3 is 2.75 bits per heavy atom. The summed E-state index contributed by atoms with van der Waals surface area (Å²) in [5.74, 6) is 1.34. The van der Waals surface area contributed by atoms with Crippen molar-refractivity contribution in [1.29, 1.82) is 0 Å². The minimum absolute atomic E-state index is 0.236. The Labute approximate surface area is 117 Å². The van der Waals surface area contributed by atoms with Gasteiger partial charge in [0.15, 0.2) is 11.6 Å². The summed E-state index contributed by atoms with van der Waals surface area (Å²) >= 11 is 0. The molecule has 20 heavy (non-hydrogen) atoms. The maximum atomic E-state index is 5.80. The Kier molecular flexibility index (Phi) is 3.24. The van der Waals surface area contributed by atoms with Gasteiger partial charge in [0.25, 0.3) is 0 Å². The number of nitrogens with one attached hydrogen (secondary N) is 1. The van der Waals surface area contributed by atoms with Crippen LogP contribution in [0.1, 0.15) is 24.2 Å². The first-order valence-corrected chi connectivity index (χ1v) is 6.69. The van der Waals surface area contributed by atoms with Crippen molar-refractivity contribution in [1.82, 2.24) is 15.3 Å². The SMILES string of the molecule is CNC(C)c1cnc(-c2cc3ccccc3o2)nc1C. The highest BCUT2D eigenvalue weighted by Crippen LogP contribution is 2.26. The third-order valence-corrected chi connectivity index (χ3v) is 3.56. The Bertz CT molecular complexity index is 715. The van der Waals surface area contributed by atoms with Crippen molar-refractivity contribution in [3.05, 3.63) is 47.8 Å². The van der Waals surface area contributed by atoms with Gasteiger partial charge in [-0.15, -0.1) is 0 Å². The van der Waals surface area contributed by atoms with E-state index in [0.717, 1.165) is 22.2 Å². The van der Waals surface area contributed by atoms with Gasteiger partial charge < -0.3 is 9.73 Å². The van der Waals surface area contributed by atoms with Crippen LogP contribution in [0.25, 0.3) is 22.6 Å². The topological polar surface area (TPSA) is 51.0 Å². The number of aryl methyl sites for hydroxylation is 1. The van der Waals surface area contributed by atoms with Crippen molar-refractivity contribution in [2.24, 2.45) is 0 Å². The van der Waals surface area contributed by atoms with Crippen LogP contribution in [0.15, 0.2) is 40.9 Å². The number of furan rings is 1. The molecule has 0 amide bonds. The van der Waals surface area contributed by atoms with Crippen LogP contribution in [-0.2, 0) is 0 Å². The molecule has 0 radical (unpaired) electrons. The number of rotatable bonds is 3. The highest BCUT2D eigenvalue weighted by molar-refractivity contribution is 5.81. The summed E-state index contributed by atoms with van der Waals surface area (Å²) in [6.07, 6.45) is 1.87. The van der Waals surface area contributed by atoms with E-state index in [1.807, 2.05) is 50.5 Å². The molecule has 102 valence electrons. The molecule has 1 aromatic carbocycles. The average Bonchev–Trinajstić information content (AvgIpc) is 2.90. The number of benzene rings is 1. The van der Waals surface area contributed by atoms with E-state index in [-0.39, 0.29) is 6.04 Å². The number of hydrogen-bond donors (Lipinski definition) is 1. The van der Waals surface area contributed by atoms with Gasteiger partial charge in [-0.2, -0.15) is 0 Å². The van der Waals surface area contributed by atoms with E-state index in [1.165, 1.54) is 0 Å². The van der Waals surface area contributed by atoms with Crippen LogP contribution in [0.5, 0.6) is 0 Å². The van der Waals surface area contributed by atoms with Crippen molar-refractivity contribution in [3.8, 4) is 11.6 Å². The van der Waals surface area contributed by atoms with Gasteiger partial charge >= 0.3 is 0 Å². The highest BCUT2D eigenvalue weighted by Gasteiger charge is 2.13. The lowest BCUT2D eigenvalue weighted by Gasteiger charge is -2.12. The molecule has 0 aliphatic heterocycles. The summed E-state index contributed by atoms with van der Waals surface area (Å²) in [6, 6.07) is 10.1. The van der Waals surface area contributed by atoms with Gasteiger partial charge in [0.2, 0.25) is 0 Å². The molecule has 0 fully saturated rings. The zero-order valence-electron chi connectivity index (χ0n) is 11.8. The second-order valence-corrected chi connectivity index (χ2v) is 4.89. The molecular weight excluding hydrogens is 250 g/mol.